The number of nitrogens with one attached hydrogen (secondary N) is 1. The Kier molecular flexibility index (Phi) is 6.44. The van der Waals surface area contributed by atoms with E-state index >= 15 is 0 Å². The molecule has 1 N–H and O–H groups in total. The highest BCUT2D eigenvalue weighted by molar-refractivity contribution is 5.80. The van der Waals surface area contributed by atoms with Crippen molar-refractivity contribution in [2.24, 2.45) is 18.9 Å². The van der Waals surface area contributed by atoms with Crippen molar-refractivity contribution in [3.05, 3.63) is 47.5 Å². The average molecular weight is 435 g/mol. The summed E-state index contributed by atoms with van der Waals surface area (Å²) in [6.07, 6.45) is 2.68. The lowest BCUT2D eigenvalue weighted by molar-refractivity contribution is -0.126. The van der Waals surface area contributed by atoms with Crippen LogP contribution in [0.3, 0.4) is 0 Å². The monoisotopic (exact) mass is 434 g/mol. The van der Waals surface area contributed by atoms with Crippen LogP contribution in [0.1, 0.15) is 56.4 Å². The Hall–Kier alpha value is -2.96. The molecule has 2 atom stereocenters. The van der Waals surface area contributed by atoms with E-state index in [1.165, 1.54) is 0 Å². The van der Waals surface area contributed by atoms with Crippen molar-refractivity contribution in [1.82, 2.24) is 24.8 Å². The van der Waals surface area contributed by atoms with Crippen molar-refractivity contribution >= 4 is 22.9 Å². The fraction of sp³-hybridized carbons (Fsp3) is 0.520. The fourth-order valence-electron chi connectivity index (χ4n) is 4.69. The van der Waals surface area contributed by atoms with Crippen molar-refractivity contribution in [3.8, 4) is 0 Å². The minimum Gasteiger partial charge on any atom is -0.346 e. The first kappa shape index (κ1) is 22.2. The molecule has 1 amide bonds. The van der Waals surface area contributed by atoms with Gasteiger partial charge in [0.1, 0.15) is 5.82 Å². The highest BCUT2D eigenvalue weighted by Gasteiger charge is 2.30. The maximum absolute atomic E-state index is 13.4. The molecule has 1 aliphatic rings. The molecule has 1 aromatic carbocycles. The van der Waals surface area contributed by atoms with Crippen LogP contribution in [0.25, 0.3) is 11.0 Å². The smallest absolute Gasteiger partial charge is 0.225 e. The third kappa shape index (κ3) is 4.76. The Morgan fingerprint density at radius 1 is 1.16 bits per heavy atom. The summed E-state index contributed by atoms with van der Waals surface area (Å²) in [5.41, 5.74) is 3.96. The highest BCUT2D eigenvalue weighted by atomic mass is 16.2. The van der Waals surface area contributed by atoms with Gasteiger partial charge in [-0.1, -0.05) is 26.0 Å². The topological polar surface area (TPSA) is 75.9 Å². The molecule has 1 saturated heterocycles. The van der Waals surface area contributed by atoms with Crippen LogP contribution >= 0.6 is 0 Å². The van der Waals surface area contributed by atoms with E-state index in [0.717, 1.165) is 60.0 Å². The first-order chi connectivity index (χ1) is 15.3. The number of anilines is 1. The molecule has 2 unspecified atom stereocenters. The first-order valence-corrected chi connectivity index (χ1v) is 11.6. The number of benzene rings is 1. The van der Waals surface area contributed by atoms with E-state index in [4.69, 9.17) is 4.98 Å². The van der Waals surface area contributed by atoms with Crippen molar-refractivity contribution < 1.29 is 4.79 Å². The number of rotatable bonds is 6. The predicted molar refractivity (Wildman–Crippen MR) is 127 cm³/mol. The Labute approximate surface area is 190 Å². The van der Waals surface area contributed by atoms with E-state index in [0.29, 0.717) is 12.5 Å². The minimum absolute atomic E-state index is 0.0856. The Morgan fingerprint density at radius 3 is 2.56 bits per heavy atom. The molecule has 0 radical (unpaired) electrons. The van der Waals surface area contributed by atoms with E-state index in [2.05, 4.69) is 44.7 Å². The number of piperidine rings is 1. The number of carbonyl (C=O) groups is 1. The van der Waals surface area contributed by atoms with E-state index < -0.39 is 0 Å². The van der Waals surface area contributed by atoms with Crippen LogP contribution in [-0.4, -0.2) is 38.5 Å². The second-order valence-corrected chi connectivity index (χ2v) is 9.44. The number of para-hydroxylation sites is 2. The van der Waals surface area contributed by atoms with E-state index in [1.54, 1.807) is 0 Å². The lowest BCUT2D eigenvalue weighted by Gasteiger charge is -2.33. The lowest BCUT2D eigenvalue weighted by atomic mass is 9.96. The molecule has 32 heavy (non-hydrogen) atoms. The van der Waals surface area contributed by atoms with Crippen LogP contribution in [0.2, 0.25) is 0 Å². The standard InChI is InChI=1S/C25H34N6O/c1-16(2)13-21(23-28-20-10-6-7-11-22(20)30(23)5)29-24(32)19-9-8-12-31(15-19)25-26-17(3)14-18(4)27-25/h6-7,10-11,14,16,19,21H,8-9,12-13,15H2,1-5H3,(H,29,32). The molecule has 2 aromatic heterocycles. The fourth-order valence-corrected chi connectivity index (χ4v) is 4.69. The predicted octanol–water partition coefficient (Wildman–Crippen LogP) is 4.10. The summed E-state index contributed by atoms with van der Waals surface area (Å²) in [6, 6.07) is 9.98. The van der Waals surface area contributed by atoms with Gasteiger partial charge in [0, 0.05) is 31.5 Å². The van der Waals surface area contributed by atoms with E-state index in [-0.39, 0.29) is 17.9 Å². The first-order valence-electron chi connectivity index (χ1n) is 11.6. The number of hydrogen-bond donors (Lipinski definition) is 1. The van der Waals surface area contributed by atoms with Gasteiger partial charge in [0.15, 0.2) is 0 Å². The molecule has 3 heterocycles. The molecule has 7 heteroatoms. The molecule has 4 rings (SSSR count). The highest BCUT2D eigenvalue weighted by Crippen LogP contribution is 2.27. The summed E-state index contributed by atoms with van der Waals surface area (Å²) in [4.78, 5) is 29.6. The molecular formula is C25H34N6O. The third-order valence-corrected chi connectivity index (χ3v) is 6.20. The van der Waals surface area contributed by atoms with Crippen molar-refractivity contribution in [2.45, 2.75) is 53.0 Å². The number of carbonyl (C=O) groups excluding carboxylic acids is 1. The zero-order valence-electron chi connectivity index (χ0n) is 19.8. The van der Waals surface area contributed by atoms with E-state index in [9.17, 15) is 4.79 Å². The molecule has 0 spiro atoms. The van der Waals surface area contributed by atoms with Crippen LogP contribution in [-0.2, 0) is 11.8 Å². The Balaban J connectivity index is 1.53. The maximum Gasteiger partial charge on any atom is 0.225 e. The van der Waals surface area contributed by atoms with Crippen LogP contribution < -0.4 is 10.2 Å². The number of aryl methyl sites for hydroxylation is 3. The van der Waals surface area contributed by atoms with Crippen molar-refractivity contribution in [2.75, 3.05) is 18.0 Å². The second kappa shape index (κ2) is 9.27. The molecular weight excluding hydrogens is 400 g/mol. The van der Waals surface area contributed by atoms with E-state index in [1.807, 2.05) is 45.2 Å². The normalized spacial score (nSPS) is 17.7. The summed E-state index contributed by atoms with van der Waals surface area (Å²) >= 11 is 0. The zero-order valence-corrected chi connectivity index (χ0v) is 19.8. The molecule has 1 aliphatic heterocycles. The van der Waals surface area contributed by atoms with Crippen LogP contribution in [0.4, 0.5) is 5.95 Å². The summed E-state index contributed by atoms with van der Waals surface area (Å²) in [6.45, 7) is 9.86. The number of imidazole rings is 1. The number of aromatic nitrogens is 4. The van der Waals surface area contributed by atoms with Crippen LogP contribution in [0.15, 0.2) is 30.3 Å². The largest absolute Gasteiger partial charge is 0.346 e. The van der Waals surface area contributed by atoms with Crippen LogP contribution in [0.5, 0.6) is 0 Å². The Morgan fingerprint density at radius 2 is 1.88 bits per heavy atom. The molecule has 1 fully saturated rings. The number of fused-ring (bicyclic) bond motifs is 1. The summed E-state index contributed by atoms with van der Waals surface area (Å²) < 4.78 is 2.11. The zero-order chi connectivity index (χ0) is 22.8. The van der Waals surface area contributed by atoms with Gasteiger partial charge in [-0.15, -0.1) is 0 Å². The summed E-state index contributed by atoms with van der Waals surface area (Å²) in [5.74, 6) is 2.09. The molecule has 0 saturated carbocycles. The second-order valence-electron chi connectivity index (χ2n) is 9.44. The maximum atomic E-state index is 13.4. The van der Waals surface area contributed by atoms with Gasteiger partial charge < -0.3 is 14.8 Å². The van der Waals surface area contributed by atoms with Gasteiger partial charge in [-0.2, -0.15) is 0 Å². The number of amides is 1. The van der Waals surface area contributed by atoms with Crippen molar-refractivity contribution in [1.29, 1.82) is 0 Å². The van der Waals surface area contributed by atoms with Gasteiger partial charge >= 0.3 is 0 Å². The third-order valence-electron chi connectivity index (χ3n) is 6.20. The molecule has 3 aromatic rings. The minimum atomic E-state index is -0.118. The van der Waals surface area contributed by atoms with Gasteiger partial charge in [-0.25, -0.2) is 15.0 Å². The van der Waals surface area contributed by atoms with Gasteiger partial charge in [0.2, 0.25) is 11.9 Å². The van der Waals surface area contributed by atoms with Gasteiger partial charge in [-0.3, -0.25) is 4.79 Å². The van der Waals surface area contributed by atoms with Crippen LogP contribution in [0, 0.1) is 25.7 Å². The number of nitrogens with zero attached hydrogens (tertiary/aromatic N) is 5. The summed E-state index contributed by atoms with van der Waals surface area (Å²) in [5, 5.41) is 3.34. The molecule has 0 aliphatic carbocycles. The summed E-state index contributed by atoms with van der Waals surface area (Å²) in [7, 11) is 2.03. The quantitative estimate of drug-likeness (QED) is 0.632. The Bertz CT molecular complexity index is 1080. The molecule has 7 nitrogen and oxygen atoms in total. The molecule has 170 valence electrons. The van der Waals surface area contributed by atoms with Gasteiger partial charge in [-0.05, 0) is 57.2 Å². The number of hydrogen-bond acceptors (Lipinski definition) is 5. The van der Waals surface area contributed by atoms with Gasteiger partial charge in [0.05, 0.1) is 23.0 Å². The van der Waals surface area contributed by atoms with Gasteiger partial charge in [0.25, 0.3) is 0 Å². The van der Waals surface area contributed by atoms with Crippen molar-refractivity contribution in [3.63, 3.8) is 0 Å². The molecule has 0 bridgehead atoms. The average Bonchev–Trinajstić information content (AvgIpc) is 3.09. The lowest BCUT2D eigenvalue weighted by Crippen LogP contribution is -2.45. The SMILES string of the molecule is Cc1cc(C)nc(N2CCCC(C(=O)NC(CC(C)C)c3nc4ccccc4n3C)C2)n1.